The van der Waals surface area contributed by atoms with Gasteiger partial charge < -0.3 is 14.9 Å². The second-order valence-electron chi connectivity index (χ2n) is 7.99. The zero-order valence-corrected chi connectivity index (χ0v) is 16.8. The largest absolute Gasteiger partial charge is 0.508 e. The molecule has 1 atom stereocenters. The zero-order valence-electron chi connectivity index (χ0n) is 16.8. The molecule has 0 saturated heterocycles. The number of phenolic OH excluding ortho intramolecular Hbond substituents is 2. The second kappa shape index (κ2) is 6.90. The topological polar surface area (TPSA) is 49.7 Å². The molecule has 2 N–H and O–H groups in total. The number of benzene rings is 3. The summed E-state index contributed by atoms with van der Waals surface area (Å²) < 4.78 is 6.41. The molecule has 1 unspecified atom stereocenters. The molecule has 1 heterocycles. The molecule has 0 bridgehead atoms. The molecule has 1 aliphatic heterocycles. The Labute approximate surface area is 166 Å². The van der Waals surface area contributed by atoms with Gasteiger partial charge in [-0.25, -0.2) is 0 Å². The van der Waals surface area contributed by atoms with Crippen LogP contribution in [0.3, 0.4) is 0 Å². The molecular formula is C25H26O3. The van der Waals surface area contributed by atoms with Crippen molar-refractivity contribution in [2.75, 3.05) is 0 Å². The first kappa shape index (κ1) is 18.4. The van der Waals surface area contributed by atoms with E-state index in [-0.39, 0.29) is 17.4 Å². The fourth-order valence-corrected chi connectivity index (χ4v) is 4.04. The summed E-state index contributed by atoms with van der Waals surface area (Å²) in [6.45, 7) is 8.26. The SMILES string of the molecule is Cc1cc2c(cc1C)Oc1c(C)c(C)cc(O)c1CC(c1ccc(O)cc1)C2. The lowest BCUT2D eigenvalue weighted by Crippen LogP contribution is -2.13. The summed E-state index contributed by atoms with van der Waals surface area (Å²) in [4.78, 5) is 0. The smallest absolute Gasteiger partial charge is 0.137 e. The maximum absolute atomic E-state index is 10.7. The molecule has 0 aromatic heterocycles. The van der Waals surface area contributed by atoms with Crippen LogP contribution in [0.4, 0.5) is 0 Å². The molecule has 3 aromatic carbocycles. The van der Waals surface area contributed by atoms with Gasteiger partial charge in [-0.1, -0.05) is 18.2 Å². The van der Waals surface area contributed by atoms with Crippen LogP contribution in [-0.2, 0) is 12.8 Å². The number of aromatic hydroxyl groups is 2. The van der Waals surface area contributed by atoms with Crippen LogP contribution in [0.5, 0.6) is 23.0 Å². The van der Waals surface area contributed by atoms with Crippen molar-refractivity contribution in [2.24, 2.45) is 0 Å². The Morgan fingerprint density at radius 1 is 0.821 bits per heavy atom. The fraction of sp³-hybridized carbons (Fsp3) is 0.280. The Morgan fingerprint density at radius 3 is 2.21 bits per heavy atom. The summed E-state index contributed by atoms with van der Waals surface area (Å²) in [5.74, 6) is 2.36. The van der Waals surface area contributed by atoms with Gasteiger partial charge in [-0.3, -0.25) is 0 Å². The minimum absolute atomic E-state index is 0.178. The third kappa shape index (κ3) is 3.22. The molecule has 0 fully saturated rings. The monoisotopic (exact) mass is 374 g/mol. The predicted octanol–water partition coefficient (Wildman–Crippen LogP) is 6.01. The highest BCUT2D eigenvalue weighted by Gasteiger charge is 2.26. The quantitative estimate of drug-likeness (QED) is 0.549. The van der Waals surface area contributed by atoms with Gasteiger partial charge in [0.15, 0.2) is 0 Å². The van der Waals surface area contributed by atoms with Gasteiger partial charge in [0.1, 0.15) is 23.0 Å². The number of fused-ring (bicyclic) bond motifs is 2. The van der Waals surface area contributed by atoms with E-state index in [1.807, 2.05) is 32.0 Å². The number of ether oxygens (including phenoxy) is 1. The minimum Gasteiger partial charge on any atom is -0.508 e. The van der Waals surface area contributed by atoms with E-state index in [4.69, 9.17) is 4.74 Å². The lowest BCUT2D eigenvalue weighted by molar-refractivity contribution is 0.423. The molecule has 3 aromatic rings. The van der Waals surface area contributed by atoms with Crippen LogP contribution in [0.15, 0.2) is 42.5 Å². The van der Waals surface area contributed by atoms with Crippen molar-refractivity contribution in [1.29, 1.82) is 0 Å². The first-order valence-electron chi connectivity index (χ1n) is 9.72. The van der Waals surface area contributed by atoms with Gasteiger partial charge in [-0.15, -0.1) is 0 Å². The van der Waals surface area contributed by atoms with Crippen LogP contribution in [0.2, 0.25) is 0 Å². The Balaban J connectivity index is 1.93. The van der Waals surface area contributed by atoms with Crippen molar-refractivity contribution >= 4 is 0 Å². The number of rotatable bonds is 1. The Hall–Kier alpha value is -2.94. The highest BCUT2D eigenvalue weighted by atomic mass is 16.5. The van der Waals surface area contributed by atoms with Crippen molar-refractivity contribution in [3.8, 4) is 23.0 Å². The first-order valence-corrected chi connectivity index (χ1v) is 9.72. The van der Waals surface area contributed by atoms with E-state index in [1.165, 1.54) is 16.7 Å². The maximum atomic E-state index is 10.7. The molecule has 0 aliphatic carbocycles. The highest BCUT2D eigenvalue weighted by molar-refractivity contribution is 5.57. The van der Waals surface area contributed by atoms with E-state index >= 15 is 0 Å². The van der Waals surface area contributed by atoms with Gasteiger partial charge in [-0.05, 0) is 104 Å². The molecule has 3 heteroatoms. The Morgan fingerprint density at radius 2 is 1.50 bits per heavy atom. The van der Waals surface area contributed by atoms with Crippen LogP contribution >= 0.6 is 0 Å². The number of phenols is 2. The molecule has 0 spiro atoms. The zero-order chi connectivity index (χ0) is 20.0. The van der Waals surface area contributed by atoms with Crippen molar-refractivity contribution in [1.82, 2.24) is 0 Å². The summed E-state index contributed by atoms with van der Waals surface area (Å²) in [5.41, 5.74) is 7.68. The third-order valence-corrected chi connectivity index (χ3v) is 6.04. The lowest BCUT2D eigenvalue weighted by atomic mass is 9.83. The van der Waals surface area contributed by atoms with Gasteiger partial charge >= 0.3 is 0 Å². The number of aryl methyl sites for hydroxylation is 3. The van der Waals surface area contributed by atoms with Crippen molar-refractivity contribution in [3.05, 3.63) is 81.4 Å². The molecule has 1 aliphatic rings. The van der Waals surface area contributed by atoms with Crippen LogP contribution in [0, 0.1) is 27.7 Å². The number of hydrogen-bond donors (Lipinski definition) is 2. The van der Waals surface area contributed by atoms with E-state index in [9.17, 15) is 10.2 Å². The predicted molar refractivity (Wildman–Crippen MR) is 112 cm³/mol. The van der Waals surface area contributed by atoms with Crippen LogP contribution < -0.4 is 4.74 Å². The van der Waals surface area contributed by atoms with Gasteiger partial charge in [0.25, 0.3) is 0 Å². The molecule has 0 radical (unpaired) electrons. The van der Waals surface area contributed by atoms with E-state index < -0.39 is 0 Å². The van der Waals surface area contributed by atoms with Gasteiger partial charge in [0.2, 0.25) is 0 Å². The molecule has 28 heavy (non-hydrogen) atoms. The minimum atomic E-state index is 0.178. The Bertz CT molecular complexity index is 1050. The van der Waals surface area contributed by atoms with E-state index in [0.717, 1.165) is 40.2 Å². The average Bonchev–Trinajstić information content (AvgIpc) is 2.64. The van der Waals surface area contributed by atoms with Gasteiger partial charge in [0, 0.05) is 5.56 Å². The molecule has 0 amide bonds. The summed E-state index contributed by atoms with van der Waals surface area (Å²) in [6.07, 6.45) is 1.49. The van der Waals surface area contributed by atoms with Gasteiger partial charge in [0.05, 0.1) is 0 Å². The molecule has 3 nitrogen and oxygen atoms in total. The van der Waals surface area contributed by atoms with Crippen LogP contribution in [0.1, 0.15) is 44.9 Å². The number of hydrogen-bond acceptors (Lipinski definition) is 3. The van der Waals surface area contributed by atoms with Crippen LogP contribution in [0.25, 0.3) is 0 Å². The maximum Gasteiger partial charge on any atom is 0.137 e. The summed E-state index contributed by atoms with van der Waals surface area (Å²) in [6, 6.07) is 13.6. The van der Waals surface area contributed by atoms with Crippen molar-refractivity contribution in [2.45, 2.75) is 46.5 Å². The van der Waals surface area contributed by atoms with E-state index in [2.05, 4.69) is 26.0 Å². The highest BCUT2D eigenvalue weighted by Crippen LogP contribution is 2.44. The molecule has 144 valence electrons. The van der Waals surface area contributed by atoms with E-state index in [1.54, 1.807) is 12.1 Å². The van der Waals surface area contributed by atoms with Crippen molar-refractivity contribution < 1.29 is 14.9 Å². The molecule has 4 rings (SSSR count). The van der Waals surface area contributed by atoms with Gasteiger partial charge in [-0.2, -0.15) is 0 Å². The molecular weight excluding hydrogens is 348 g/mol. The lowest BCUT2D eigenvalue weighted by Gasteiger charge is -2.27. The Kier molecular flexibility index (Phi) is 4.54. The van der Waals surface area contributed by atoms with E-state index in [0.29, 0.717) is 6.42 Å². The summed E-state index contributed by atoms with van der Waals surface area (Å²) >= 11 is 0. The normalized spacial score (nSPS) is 15.8. The summed E-state index contributed by atoms with van der Waals surface area (Å²) in [5, 5.41) is 20.4. The molecule has 0 saturated carbocycles. The first-order chi connectivity index (χ1) is 13.3. The van der Waals surface area contributed by atoms with Crippen LogP contribution in [-0.4, -0.2) is 10.2 Å². The fourth-order valence-electron chi connectivity index (χ4n) is 4.04. The second-order valence-corrected chi connectivity index (χ2v) is 7.99. The standard InChI is InChI=1S/C25H26O3/c1-14-9-20-12-19(18-5-7-21(26)8-6-18)13-22-23(27)10-16(3)17(4)25(22)28-24(20)11-15(14)2/h5-11,19,26-27H,12-13H2,1-4H3. The summed E-state index contributed by atoms with van der Waals surface area (Å²) in [7, 11) is 0. The average molecular weight is 374 g/mol. The third-order valence-electron chi connectivity index (χ3n) is 6.04. The van der Waals surface area contributed by atoms with Crippen molar-refractivity contribution in [3.63, 3.8) is 0 Å².